The highest BCUT2D eigenvalue weighted by Crippen LogP contribution is 2.33. The molecule has 1 atom stereocenters. The summed E-state index contributed by atoms with van der Waals surface area (Å²) in [4.78, 5) is 14.1. The Bertz CT molecular complexity index is 442. The molecule has 0 aliphatic carbocycles. The molecule has 3 nitrogen and oxygen atoms in total. The number of fused-ring (bicyclic) bond motifs is 1. The number of nitrogens with two attached hydrogens (primary N) is 1. The molecule has 0 aromatic heterocycles. The molecule has 2 rings (SSSR count). The highest BCUT2D eigenvalue weighted by Gasteiger charge is 2.30. The van der Waals surface area contributed by atoms with Gasteiger partial charge in [-0.25, -0.2) is 0 Å². The van der Waals surface area contributed by atoms with Gasteiger partial charge in [0.15, 0.2) is 0 Å². The zero-order valence-electron chi connectivity index (χ0n) is 11.3. The lowest BCUT2D eigenvalue weighted by Gasteiger charge is -2.22. The molecular weight excluding hydrogens is 224 g/mol. The standard InChI is InChI=1S/C15H22N2O/c1-3-4-15(18)17-11(2)9-13-10-12(7-8-16)5-6-14(13)17/h5-6,10-11H,3-4,7-9,16H2,1-2H3. The van der Waals surface area contributed by atoms with Crippen molar-refractivity contribution in [2.45, 2.75) is 45.6 Å². The minimum Gasteiger partial charge on any atom is -0.330 e. The molecule has 0 bridgehead atoms. The summed E-state index contributed by atoms with van der Waals surface area (Å²) in [7, 11) is 0. The van der Waals surface area contributed by atoms with Gasteiger partial charge in [0.05, 0.1) is 0 Å². The molecule has 2 N–H and O–H groups in total. The number of hydrogen-bond donors (Lipinski definition) is 1. The van der Waals surface area contributed by atoms with Gasteiger partial charge in [-0.05, 0) is 49.9 Å². The molecular formula is C15H22N2O. The van der Waals surface area contributed by atoms with E-state index in [1.807, 2.05) is 11.8 Å². The van der Waals surface area contributed by atoms with Gasteiger partial charge in [0.25, 0.3) is 0 Å². The molecule has 1 aliphatic rings. The normalized spacial score (nSPS) is 17.9. The SMILES string of the molecule is CCCC(=O)N1c2ccc(CCN)cc2CC1C. The minimum atomic E-state index is 0.246. The monoisotopic (exact) mass is 246 g/mol. The van der Waals surface area contributed by atoms with Crippen LogP contribution in [0.4, 0.5) is 5.69 Å². The minimum absolute atomic E-state index is 0.246. The summed E-state index contributed by atoms with van der Waals surface area (Å²) in [6.45, 7) is 4.84. The summed E-state index contributed by atoms with van der Waals surface area (Å²) in [6.07, 6.45) is 3.41. The van der Waals surface area contributed by atoms with Gasteiger partial charge in [-0.15, -0.1) is 0 Å². The molecule has 98 valence electrons. The van der Waals surface area contributed by atoms with Crippen molar-refractivity contribution >= 4 is 11.6 Å². The van der Waals surface area contributed by atoms with E-state index in [0.717, 1.165) is 24.9 Å². The number of carbonyl (C=O) groups excluding carboxylic acids is 1. The van der Waals surface area contributed by atoms with Crippen molar-refractivity contribution in [1.29, 1.82) is 0 Å². The number of hydrogen-bond acceptors (Lipinski definition) is 2. The van der Waals surface area contributed by atoms with Gasteiger partial charge in [0, 0.05) is 18.2 Å². The highest BCUT2D eigenvalue weighted by atomic mass is 16.2. The van der Waals surface area contributed by atoms with E-state index < -0.39 is 0 Å². The Morgan fingerprint density at radius 1 is 1.50 bits per heavy atom. The zero-order chi connectivity index (χ0) is 13.1. The topological polar surface area (TPSA) is 46.3 Å². The molecule has 1 heterocycles. The first-order valence-electron chi connectivity index (χ1n) is 6.81. The molecule has 1 unspecified atom stereocenters. The molecule has 3 heteroatoms. The fourth-order valence-corrected chi connectivity index (χ4v) is 2.72. The van der Waals surface area contributed by atoms with Gasteiger partial charge in [-0.3, -0.25) is 4.79 Å². The fourth-order valence-electron chi connectivity index (χ4n) is 2.72. The predicted molar refractivity (Wildman–Crippen MR) is 74.8 cm³/mol. The lowest BCUT2D eigenvalue weighted by molar-refractivity contribution is -0.118. The lowest BCUT2D eigenvalue weighted by atomic mass is 10.1. The second-order valence-electron chi connectivity index (χ2n) is 5.07. The van der Waals surface area contributed by atoms with Crippen LogP contribution in [0.1, 0.15) is 37.8 Å². The molecule has 0 saturated heterocycles. The van der Waals surface area contributed by atoms with E-state index in [0.29, 0.717) is 13.0 Å². The Morgan fingerprint density at radius 2 is 2.28 bits per heavy atom. The zero-order valence-corrected chi connectivity index (χ0v) is 11.3. The molecule has 0 saturated carbocycles. The third-order valence-electron chi connectivity index (χ3n) is 3.53. The van der Waals surface area contributed by atoms with Gasteiger partial charge >= 0.3 is 0 Å². The average molecular weight is 246 g/mol. The number of nitrogens with zero attached hydrogens (tertiary/aromatic N) is 1. The lowest BCUT2D eigenvalue weighted by Crippen LogP contribution is -2.35. The van der Waals surface area contributed by atoms with E-state index in [1.54, 1.807) is 0 Å². The van der Waals surface area contributed by atoms with Crippen molar-refractivity contribution in [3.8, 4) is 0 Å². The van der Waals surface area contributed by atoms with E-state index in [1.165, 1.54) is 11.1 Å². The quantitative estimate of drug-likeness (QED) is 0.885. The molecule has 0 spiro atoms. The number of rotatable bonds is 4. The van der Waals surface area contributed by atoms with Crippen LogP contribution >= 0.6 is 0 Å². The van der Waals surface area contributed by atoms with Crippen molar-refractivity contribution in [2.75, 3.05) is 11.4 Å². The first kappa shape index (κ1) is 13.1. The number of carbonyl (C=O) groups is 1. The summed E-state index contributed by atoms with van der Waals surface area (Å²) in [5.74, 6) is 0.246. The maximum absolute atomic E-state index is 12.1. The van der Waals surface area contributed by atoms with Crippen LogP contribution in [0.15, 0.2) is 18.2 Å². The van der Waals surface area contributed by atoms with Crippen LogP contribution in [-0.2, 0) is 17.6 Å². The van der Waals surface area contributed by atoms with Crippen LogP contribution < -0.4 is 10.6 Å². The molecule has 18 heavy (non-hydrogen) atoms. The van der Waals surface area contributed by atoms with Gasteiger partial charge in [-0.2, -0.15) is 0 Å². The maximum atomic E-state index is 12.1. The first-order valence-corrected chi connectivity index (χ1v) is 6.81. The molecule has 1 aromatic carbocycles. The van der Waals surface area contributed by atoms with E-state index in [4.69, 9.17) is 5.73 Å². The Balaban J connectivity index is 2.26. The van der Waals surface area contributed by atoms with E-state index >= 15 is 0 Å². The fraction of sp³-hybridized carbons (Fsp3) is 0.533. The Morgan fingerprint density at radius 3 is 2.94 bits per heavy atom. The van der Waals surface area contributed by atoms with Crippen molar-refractivity contribution in [2.24, 2.45) is 5.73 Å². The molecule has 1 aromatic rings. The summed E-state index contributed by atoms with van der Waals surface area (Å²) in [6, 6.07) is 6.66. The van der Waals surface area contributed by atoms with Gasteiger partial charge < -0.3 is 10.6 Å². The summed E-state index contributed by atoms with van der Waals surface area (Å²) in [5, 5.41) is 0. The van der Waals surface area contributed by atoms with E-state index in [9.17, 15) is 4.79 Å². The van der Waals surface area contributed by atoms with E-state index in [-0.39, 0.29) is 11.9 Å². The van der Waals surface area contributed by atoms with Gasteiger partial charge in [-0.1, -0.05) is 19.1 Å². The highest BCUT2D eigenvalue weighted by molar-refractivity contribution is 5.96. The average Bonchev–Trinajstić information content (AvgIpc) is 2.65. The second kappa shape index (κ2) is 5.53. The third kappa shape index (κ3) is 2.41. The summed E-state index contributed by atoms with van der Waals surface area (Å²) in [5.41, 5.74) is 9.24. The third-order valence-corrected chi connectivity index (χ3v) is 3.53. The molecule has 0 radical (unpaired) electrons. The van der Waals surface area contributed by atoms with Crippen LogP contribution in [0.25, 0.3) is 0 Å². The summed E-state index contributed by atoms with van der Waals surface area (Å²) < 4.78 is 0. The van der Waals surface area contributed by atoms with Crippen molar-refractivity contribution < 1.29 is 4.79 Å². The Kier molecular flexibility index (Phi) is 4.02. The Hall–Kier alpha value is -1.35. The van der Waals surface area contributed by atoms with E-state index in [2.05, 4.69) is 25.1 Å². The molecule has 1 aliphatic heterocycles. The Labute approximate surface area is 109 Å². The van der Waals surface area contributed by atoms with Crippen LogP contribution in [0.2, 0.25) is 0 Å². The van der Waals surface area contributed by atoms with Crippen LogP contribution in [-0.4, -0.2) is 18.5 Å². The summed E-state index contributed by atoms with van der Waals surface area (Å²) >= 11 is 0. The maximum Gasteiger partial charge on any atom is 0.227 e. The van der Waals surface area contributed by atoms with Gasteiger partial charge in [0.2, 0.25) is 5.91 Å². The number of anilines is 1. The number of amides is 1. The van der Waals surface area contributed by atoms with Crippen LogP contribution in [0, 0.1) is 0 Å². The van der Waals surface area contributed by atoms with Crippen molar-refractivity contribution in [1.82, 2.24) is 0 Å². The van der Waals surface area contributed by atoms with Crippen LogP contribution in [0.3, 0.4) is 0 Å². The van der Waals surface area contributed by atoms with Crippen LogP contribution in [0.5, 0.6) is 0 Å². The van der Waals surface area contributed by atoms with Gasteiger partial charge in [0.1, 0.15) is 0 Å². The predicted octanol–water partition coefficient (Wildman–Crippen LogP) is 2.27. The smallest absolute Gasteiger partial charge is 0.227 e. The molecule has 0 fully saturated rings. The van der Waals surface area contributed by atoms with Crippen molar-refractivity contribution in [3.05, 3.63) is 29.3 Å². The first-order chi connectivity index (χ1) is 8.67. The second-order valence-corrected chi connectivity index (χ2v) is 5.07. The largest absolute Gasteiger partial charge is 0.330 e. The molecule has 1 amide bonds. The number of benzene rings is 1. The van der Waals surface area contributed by atoms with Crippen molar-refractivity contribution in [3.63, 3.8) is 0 Å².